The van der Waals surface area contributed by atoms with Crippen LogP contribution in [0.2, 0.25) is 5.02 Å². The molecule has 3 rings (SSSR count). The fourth-order valence-electron chi connectivity index (χ4n) is 2.37. The van der Waals surface area contributed by atoms with Gasteiger partial charge in [0.2, 0.25) is 0 Å². The number of benzene rings is 1. The zero-order chi connectivity index (χ0) is 16.1. The Morgan fingerprint density at radius 1 is 1.30 bits per heavy atom. The summed E-state index contributed by atoms with van der Waals surface area (Å²) in [7, 11) is 0. The van der Waals surface area contributed by atoms with Crippen LogP contribution in [0, 0.1) is 0 Å². The van der Waals surface area contributed by atoms with Gasteiger partial charge in [0.25, 0.3) is 5.91 Å². The highest BCUT2D eigenvalue weighted by molar-refractivity contribution is 7.08. The number of nitrogens with one attached hydrogen (secondary N) is 1. The number of nitrogens with zero attached hydrogens (tertiary/aromatic N) is 3. The maximum Gasteiger partial charge on any atom is 0.265 e. The average molecular weight is 353 g/mol. The second-order valence-electron chi connectivity index (χ2n) is 5.17. The average Bonchev–Trinajstić information content (AvgIpc) is 3.06. The first-order valence-electron chi connectivity index (χ1n) is 7.40. The van der Waals surface area contributed by atoms with Crippen LogP contribution in [0.15, 0.2) is 24.3 Å². The molecular formula is C15H17ClN4O2S. The number of carbonyl (C=O) groups is 1. The van der Waals surface area contributed by atoms with Gasteiger partial charge in [-0.05, 0) is 23.7 Å². The van der Waals surface area contributed by atoms with Crippen molar-refractivity contribution >= 4 is 29.0 Å². The molecule has 1 aliphatic rings. The number of halogens is 1. The van der Waals surface area contributed by atoms with Gasteiger partial charge in [0, 0.05) is 36.8 Å². The van der Waals surface area contributed by atoms with E-state index in [9.17, 15) is 4.79 Å². The number of rotatable bonds is 5. The number of amides is 1. The Balaban J connectivity index is 1.59. The van der Waals surface area contributed by atoms with Crippen molar-refractivity contribution in [3.63, 3.8) is 0 Å². The van der Waals surface area contributed by atoms with E-state index in [4.69, 9.17) is 16.3 Å². The molecule has 1 aliphatic heterocycles. The molecule has 6 nitrogen and oxygen atoms in total. The van der Waals surface area contributed by atoms with Crippen molar-refractivity contribution in [1.29, 1.82) is 0 Å². The SMILES string of the molecule is O=C(NCCN1CCOCC1)c1snnc1-c1ccc(Cl)cc1. The van der Waals surface area contributed by atoms with E-state index >= 15 is 0 Å². The second kappa shape index (κ2) is 7.83. The van der Waals surface area contributed by atoms with Crippen molar-refractivity contribution in [3.8, 4) is 11.3 Å². The first kappa shape index (κ1) is 16.3. The highest BCUT2D eigenvalue weighted by Crippen LogP contribution is 2.25. The van der Waals surface area contributed by atoms with E-state index in [2.05, 4.69) is 19.8 Å². The Hall–Kier alpha value is -1.54. The summed E-state index contributed by atoms with van der Waals surface area (Å²) in [6.07, 6.45) is 0. The van der Waals surface area contributed by atoms with Crippen molar-refractivity contribution in [1.82, 2.24) is 19.8 Å². The van der Waals surface area contributed by atoms with Gasteiger partial charge in [-0.25, -0.2) is 0 Å². The lowest BCUT2D eigenvalue weighted by Gasteiger charge is -2.26. The fraction of sp³-hybridized carbons (Fsp3) is 0.400. The summed E-state index contributed by atoms with van der Waals surface area (Å²) in [6, 6.07) is 7.22. The lowest BCUT2D eigenvalue weighted by molar-refractivity contribution is 0.0383. The van der Waals surface area contributed by atoms with Crippen LogP contribution < -0.4 is 5.32 Å². The van der Waals surface area contributed by atoms with Crippen molar-refractivity contribution in [2.75, 3.05) is 39.4 Å². The molecule has 1 fully saturated rings. The summed E-state index contributed by atoms with van der Waals surface area (Å²) in [5.74, 6) is -0.141. The maximum atomic E-state index is 12.4. The molecule has 0 saturated carbocycles. The number of aromatic nitrogens is 2. The van der Waals surface area contributed by atoms with Crippen molar-refractivity contribution < 1.29 is 9.53 Å². The predicted molar refractivity (Wildman–Crippen MR) is 89.9 cm³/mol. The van der Waals surface area contributed by atoms with Gasteiger partial charge < -0.3 is 10.1 Å². The highest BCUT2D eigenvalue weighted by atomic mass is 35.5. The first-order valence-corrected chi connectivity index (χ1v) is 8.56. The molecule has 0 aliphatic carbocycles. The van der Waals surface area contributed by atoms with Crippen LogP contribution in [0.3, 0.4) is 0 Å². The minimum absolute atomic E-state index is 0.141. The molecule has 1 aromatic carbocycles. The van der Waals surface area contributed by atoms with Gasteiger partial charge in [-0.2, -0.15) is 0 Å². The van der Waals surface area contributed by atoms with Gasteiger partial charge in [0.05, 0.1) is 13.2 Å². The quantitative estimate of drug-likeness (QED) is 0.890. The van der Waals surface area contributed by atoms with Crippen LogP contribution >= 0.6 is 23.1 Å². The Morgan fingerprint density at radius 3 is 2.78 bits per heavy atom. The summed E-state index contributed by atoms with van der Waals surface area (Å²) in [6.45, 7) is 4.75. The van der Waals surface area contributed by atoms with Crippen LogP contribution in [0.25, 0.3) is 11.3 Å². The van der Waals surface area contributed by atoms with E-state index in [0.29, 0.717) is 22.1 Å². The van der Waals surface area contributed by atoms with E-state index < -0.39 is 0 Å². The van der Waals surface area contributed by atoms with E-state index in [1.807, 2.05) is 12.1 Å². The molecule has 122 valence electrons. The van der Waals surface area contributed by atoms with Gasteiger partial charge in [-0.1, -0.05) is 28.2 Å². The largest absolute Gasteiger partial charge is 0.379 e. The molecule has 1 N–H and O–H groups in total. The van der Waals surface area contributed by atoms with Gasteiger partial charge in [-0.3, -0.25) is 9.69 Å². The van der Waals surface area contributed by atoms with Crippen LogP contribution in [-0.2, 0) is 4.74 Å². The van der Waals surface area contributed by atoms with E-state index in [0.717, 1.165) is 49.9 Å². The minimum atomic E-state index is -0.141. The zero-order valence-electron chi connectivity index (χ0n) is 12.5. The molecule has 2 heterocycles. The predicted octanol–water partition coefficient (Wildman–Crippen LogP) is 1.92. The van der Waals surface area contributed by atoms with Crippen LogP contribution in [0.1, 0.15) is 9.67 Å². The Bertz CT molecular complexity index is 656. The number of hydrogen-bond acceptors (Lipinski definition) is 6. The molecule has 0 bridgehead atoms. The van der Waals surface area contributed by atoms with Gasteiger partial charge in [0.1, 0.15) is 10.6 Å². The molecule has 1 amide bonds. The zero-order valence-corrected chi connectivity index (χ0v) is 14.1. The lowest BCUT2D eigenvalue weighted by Crippen LogP contribution is -2.41. The minimum Gasteiger partial charge on any atom is -0.379 e. The monoisotopic (exact) mass is 352 g/mol. The molecule has 2 aromatic rings. The summed E-state index contributed by atoms with van der Waals surface area (Å²) in [5, 5.41) is 7.66. The first-order chi connectivity index (χ1) is 11.2. The molecule has 0 atom stereocenters. The molecule has 1 aromatic heterocycles. The molecule has 0 radical (unpaired) electrons. The van der Waals surface area contributed by atoms with Crippen LogP contribution in [0.4, 0.5) is 0 Å². The third-order valence-electron chi connectivity index (χ3n) is 3.63. The van der Waals surface area contributed by atoms with Gasteiger partial charge in [0.15, 0.2) is 0 Å². The van der Waals surface area contributed by atoms with E-state index in [-0.39, 0.29) is 5.91 Å². The lowest BCUT2D eigenvalue weighted by atomic mass is 10.1. The van der Waals surface area contributed by atoms with Gasteiger partial charge in [-0.15, -0.1) is 5.10 Å². The summed E-state index contributed by atoms with van der Waals surface area (Å²) >= 11 is 6.99. The fourth-order valence-corrected chi connectivity index (χ4v) is 3.10. The molecule has 0 unspecified atom stereocenters. The summed E-state index contributed by atoms with van der Waals surface area (Å²) in [5.41, 5.74) is 1.43. The van der Waals surface area contributed by atoms with Crippen LogP contribution in [-0.4, -0.2) is 59.8 Å². The topological polar surface area (TPSA) is 67.4 Å². The number of ether oxygens (including phenoxy) is 1. The van der Waals surface area contributed by atoms with E-state index in [1.165, 1.54) is 0 Å². The normalized spacial score (nSPS) is 15.5. The number of hydrogen-bond donors (Lipinski definition) is 1. The molecular weight excluding hydrogens is 336 g/mol. The van der Waals surface area contributed by atoms with Gasteiger partial charge >= 0.3 is 0 Å². The summed E-state index contributed by atoms with van der Waals surface area (Å²) in [4.78, 5) is 15.2. The molecule has 8 heteroatoms. The smallest absolute Gasteiger partial charge is 0.265 e. The Kier molecular flexibility index (Phi) is 5.56. The third kappa shape index (κ3) is 4.26. The molecule has 0 spiro atoms. The third-order valence-corrected chi connectivity index (χ3v) is 4.61. The van der Waals surface area contributed by atoms with Crippen LogP contribution in [0.5, 0.6) is 0 Å². The van der Waals surface area contributed by atoms with E-state index in [1.54, 1.807) is 12.1 Å². The number of carbonyl (C=O) groups excluding carboxylic acids is 1. The highest BCUT2D eigenvalue weighted by Gasteiger charge is 2.18. The van der Waals surface area contributed by atoms with Crippen molar-refractivity contribution in [2.45, 2.75) is 0 Å². The Labute approximate surface area is 143 Å². The summed E-state index contributed by atoms with van der Waals surface area (Å²) < 4.78 is 9.22. The molecule has 1 saturated heterocycles. The second-order valence-corrected chi connectivity index (χ2v) is 6.36. The Morgan fingerprint density at radius 2 is 2.04 bits per heavy atom. The van der Waals surface area contributed by atoms with Crippen molar-refractivity contribution in [3.05, 3.63) is 34.2 Å². The van der Waals surface area contributed by atoms with Crippen molar-refractivity contribution in [2.24, 2.45) is 0 Å². The maximum absolute atomic E-state index is 12.4. The number of morpholine rings is 1. The standard InChI is InChI=1S/C15H17ClN4O2S/c16-12-3-1-11(2-4-12)13-14(23-19-18-13)15(21)17-5-6-20-7-9-22-10-8-20/h1-4H,5-10H2,(H,17,21). The molecule has 23 heavy (non-hydrogen) atoms.